The van der Waals surface area contributed by atoms with Crippen LogP contribution in [-0.4, -0.2) is 91.9 Å². The normalized spacial score (nSPS) is 14.2. The van der Waals surface area contributed by atoms with Crippen molar-refractivity contribution in [2.75, 3.05) is 40.3 Å². The fraction of sp³-hybridized carbons (Fsp3) is 0.857. The number of sulfonamides is 1. The molecule has 0 aromatic heterocycles. The number of rotatable bonds is 13. The largest absolute Gasteiger partial charge is 0.550 e. The highest BCUT2D eigenvalue weighted by Gasteiger charge is 2.79. The van der Waals surface area contributed by atoms with E-state index in [0.717, 1.165) is 0 Å². The number of alkyl halides is 7. The molecule has 0 aliphatic rings. The van der Waals surface area contributed by atoms with E-state index in [1.165, 1.54) is 14.1 Å². The van der Waals surface area contributed by atoms with Gasteiger partial charge in [-0.2, -0.15) is 35.0 Å². The lowest BCUT2D eigenvalue weighted by Crippen LogP contribution is -2.60. The Morgan fingerprint density at radius 2 is 1.47 bits per heavy atom. The third-order valence-corrected chi connectivity index (χ3v) is 6.00. The van der Waals surface area contributed by atoms with Crippen molar-refractivity contribution >= 4 is 22.0 Å². The van der Waals surface area contributed by atoms with Crippen molar-refractivity contribution in [2.45, 2.75) is 36.6 Å². The lowest BCUT2D eigenvalue weighted by Gasteiger charge is -2.33. The van der Waals surface area contributed by atoms with Crippen molar-refractivity contribution < 1.29 is 63.4 Å². The molecule has 0 rings (SSSR count). The van der Waals surface area contributed by atoms with E-state index in [1.807, 2.05) is 0 Å². The second-order valence-corrected chi connectivity index (χ2v) is 8.97. The number of halogens is 7. The molecule has 0 unspecified atom stereocenters. The van der Waals surface area contributed by atoms with E-state index in [-0.39, 0.29) is 24.0 Å². The predicted octanol–water partition coefficient (Wildman–Crippen LogP) is 0.490. The zero-order chi connectivity index (χ0) is 24.2. The van der Waals surface area contributed by atoms with Crippen LogP contribution in [0.2, 0.25) is 0 Å². The molecule has 0 aromatic carbocycles. The standard InChI is InChI=1S/C14H21F7N2O6S/c1-23(2,9-5-11(26)27)8-3-6-22(7-4-10(24)25)30(28,29)14(20,21)12(15,16)13(17,18)19/h3-9H2,1-2H3,(H-,24,25,26,27). The monoisotopic (exact) mass is 478 g/mol. The van der Waals surface area contributed by atoms with Gasteiger partial charge in [-0.15, -0.1) is 0 Å². The van der Waals surface area contributed by atoms with Crippen LogP contribution < -0.4 is 5.11 Å². The van der Waals surface area contributed by atoms with Crippen molar-refractivity contribution in [2.24, 2.45) is 0 Å². The minimum Gasteiger partial charge on any atom is -0.550 e. The quantitative estimate of drug-likeness (QED) is 0.305. The average Bonchev–Trinajstić information content (AvgIpc) is 2.54. The molecule has 1 N–H and O–H groups in total. The number of carbonyl (C=O) groups is 2. The van der Waals surface area contributed by atoms with Crippen molar-refractivity contribution in [3.05, 3.63) is 0 Å². The Kier molecular flexibility index (Phi) is 9.10. The van der Waals surface area contributed by atoms with Gasteiger partial charge in [0.1, 0.15) is 0 Å². The molecule has 16 heteroatoms. The number of hydrogen-bond donors (Lipinski definition) is 1. The fourth-order valence-electron chi connectivity index (χ4n) is 2.24. The predicted molar refractivity (Wildman–Crippen MR) is 84.8 cm³/mol. The molecule has 0 heterocycles. The first-order valence-corrected chi connectivity index (χ1v) is 9.69. The van der Waals surface area contributed by atoms with Gasteiger partial charge in [-0.1, -0.05) is 0 Å². The topological polar surface area (TPSA) is 115 Å². The van der Waals surface area contributed by atoms with Crippen LogP contribution in [0, 0.1) is 0 Å². The minimum atomic E-state index is -6.93. The highest BCUT2D eigenvalue weighted by molar-refractivity contribution is 7.90. The minimum absolute atomic E-state index is 0.0352. The van der Waals surface area contributed by atoms with Crippen LogP contribution in [0.5, 0.6) is 0 Å². The molecule has 0 saturated carbocycles. The number of nitrogens with zero attached hydrogens (tertiary/aromatic N) is 2. The van der Waals surface area contributed by atoms with Gasteiger partial charge >= 0.3 is 23.3 Å². The molecule has 0 aromatic rings. The number of carboxylic acids is 2. The van der Waals surface area contributed by atoms with Crippen molar-refractivity contribution in [3.8, 4) is 0 Å². The lowest BCUT2D eigenvalue weighted by atomic mass is 10.3. The molecular formula is C14H21F7N2O6S. The second kappa shape index (κ2) is 9.64. The zero-order valence-corrected chi connectivity index (χ0v) is 16.7. The first kappa shape index (κ1) is 28.3. The Morgan fingerprint density at radius 1 is 0.967 bits per heavy atom. The molecule has 30 heavy (non-hydrogen) atoms. The molecule has 0 saturated heterocycles. The van der Waals surface area contributed by atoms with E-state index in [1.54, 1.807) is 0 Å². The van der Waals surface area contributed by atoms with Gasteiger partial charge in [0, 0.05) is 31.9 Å². The van der Waals surface area contributed by atoms with Gasteiger partial charge in [0.15, 0.2) is 0 Å². The molecule has 8 nitrogen and oxygen atoms in total. The van der Waals surface area contributed by atoms with E-state index in [0.29, 0.717) is 0 Å². The summed E-state index contributed by atoms with van der Waals surface area (Å²) in [5, 5.41) is 12.5. The summed E-state index contributed by atoms with van der Waals surface area (Å²) in [6.07, 6.45) is -8.79. The smallest absolute Gasteiger partial charge is 0.461 e. The third kappa shape index (κ3) is 6.94. The van der Waals surface area contributed by atoms with Gasteiger partial charge in [0.2, 0.25) is 0 Å². The van der Waals surface area contributed by atoms with Crippen molar-refractivity contribution in [1.29, 1.82) is 0 Å². The Balaban J connectivity index is 5.65. The zero-order valence-electron chi connectivity index (χ0n) is 15.9. The number of quaternary nitrogens is 1. The molecule has 0 radical (unpaired) electrons. The summed E-state index contributed by atoms with van der Waals surface area (Å²) < 4.78 is 114. The lowest BCUT2D eigenvalue weighted by molar-refractivity contribution is -0.890. The molecule has 0 bridgehead atoms. The SMILES string of the molecule is C[N+](C)(CCCN(CCC(=O)O)S(=O)(=O)C(F)(F)C(F)(F)C(F)(F)F)CCC(=O)[O-]. The first-order chi connectivity index (χ1) is 13.2. The van der Waals surface area contributed by atoms with Crippen LogP contribution in [0.3, 0.4) is 0 Å². The van der Waals surface area contributed by atoms with Crippen LogP contribution >= 0.6 is 0 Å². The molecule has 0 spiro atoms. The Hall–Kier alpha value is -1.68. The number of aliphatic carboxylic acids is 2. The summed E-state index contributed by atoms with van der Waals surface area (Å²) in [6.45, 7) is -2.39. The van der Waals surface area contributed by atoms with Crippen molar-refractivity contribution in [1.82, 2.24) is 4.31 Å². The maximum atomic E-state index is 13.8. The third-order valence-electron chi connectivity index (χ3n) is 4.05. The van der Waals surface area contributed by atoms with Gasteiger partial charge in [-0.3, -0.25) is 4.79 Å². The highest BCUT2D eigenvalue weighted by Crippen LogP contribution is 2.49. The maximum absolute atomic E-state index is 13.8. The number of hydrogen-bond acceptors (Lipinski definition) is 5. The molecular weight excluding hydrogens is 457 g/mol. The van der Waals surface area contributed by atoms with E-state index in [2.05, 4.69) is 0 Å². The molecule has 0 aliphatic carbocycles. The van der Waals surface area contributed by atoms with Crippen LogP contribution in [0.25, 0.3) is 0 Å². The van der Waals surface area contributed by atoms with Gasteiger partial charge in [0.05, 0.1) is 33.6 Å². The number of carboxylic acid groups (broad SMARTS) is 2. The molecule has 0 fully saturated rings. The highest BCUT2D eigenvalue weighted by atomic mass is 32.2. The Bertz CT molecular complexity index is 725. The van der Waals surface area contributed by atoms with Gasteiger partial charge in [0.25, 0.3) is 10.0 Å². The second-order valence-electron chi connectivity index (χ2n) is 7.00. The molecule has 0 aliphatic heterocycles. The summed E-state index contributed by atoms with van der Waals surface area (Å²) in [5.74, 6) is -10.0. The summed E-state index contributed by atoms with van der Waals surface area (Å²) in [7, 11) is -3.70. The van der Waals surface area contributed by atoms with Crippen molar-refractivity contribution in [3.63, 3.8) is 0 Å². The Labute approximate surface area is 167 Å². The Morgan fingerprint density at radius 3 is 1.87 bits per heavy atom. The molecule has 0 atom stereocenters. The summed E-state index contributed by atoms with van der Waals surface area (Å²) in [4.78, 5) is 21.1. The molecule has 0 amide bonds. The van der Waals surface area contributed by atoms with E-state index in [4.69, 9.17) is 5.11 Å². The fourth-order valence-corrected chi connectivity index (χ4v) is 3.71. The van der Waals surface area contributed by atoms with Crippen LogP contribution in [0.1, 0.15) is 19.3 Å². The van der Waals surface area contributed by atoms with Crippen LogP contribution in [0.15, 0.2) is 0 Å². The maximum Gasteiger partial charge on any atom is 0.461 e. The van der Waals surface area contributed by atoms with Gasteiger partial charge in [-0.25, -0.2) is 8.42 Å². The summed E-state index contributed by atoms with van der Waals surface area (Å²) >= 11 is 0. The van der Waals surface area contributed by atoms with Gasteiger partial charge in [-0.05, 0) is 0 Å². The summed E-state index contributed by atoms with van der Waals surface area (Å²) in [5.41, 5.74) is 0. The van der Waals surface area contributed by atoms with E-state index >= 15 is 0 Å². The van der Waals surface area contributed by atoms with E-state index in [9.17, 15) is 53.8 Å². The summed E-state index contributed by atoms with van der Waals surface area (Å²) in [6, 6.07) is 0. The number of carbonyl (C=O) groups excluding carboxylic acids is 1. The average molecular weight is 478 g/mol. The molecule has 178 valence electrons. The van der Waals surface area contributed by atoms with Crippen LogP contribution in [-0.2, 0) is 19.6 Å². The first-order valence-electron chi connectivity index (χ1n) is 8.25. The van der Waals surface area contributed by atoms with E-state index < -0.39 is 69.6 Å². The van der Waals surface area contributed by atoms with Gasteiger partial charge < -0.3 is 19.5 Å². The van der Waals surface area contributed by atoms with Crippen LogP contribution in [0.4, 0.5) is 30.7 Å².